The van der Waals surface area contributed by atoms with Crippen LogP contribution in [0.4, 0.5) is 0 Å². The molecule has 0 fully saturated rings. The molecular formula is C12H23N2O2+. The lowest BCUT2D eigenvalue weighted by molar-refractivity contribution is -0.707. The first kappa shape index (κ1) is 13.2. The van der Waals surface area contributed by atoms with Gasteiger partial charge in [-0.3, -0.25) is 0 Å². The van der Waals surface area contributed by atoms with Crippen LogP contribution in [0.15, 0.2) is 12.4 Å². The number of nitrogens with zero attached hydrogens (tertiary/aromatic N) is 2. The molecule has 4 heteroatoms. The van der Waals surface area contributed by atoms with E-state index in [4.69, 9.17) is 9.47 Å². The maximum Gasteiger partial charge on any atom is 0.285 e. The zero-order chi connectivity index (χ0) is 12.0. The molecule has 0 aliphatic rings. The number of imidazole rings is 1. The molecule has 1 aromatic rings. The van der Waals surface area contributed by atoms with Crippen LogP contribution < -0.4 is 4.57 Å². The molecule has 1 rings (SSSR count). The van der Waals surface area contributed by atoms with Gasteiger partial charge in [0.2, 0.25) is 0 Å². The number of aryl methyl sites for hydroxylation is 1. The zero-order valence-corrected chi connectivity index (χ0v) is 10.8. The lowest BCUT2D eigenvalue weighted by Gasteiger charge is -2.09. The van der Waals surface area contributed by atoms with Crippen LogP contribution in [0.5, 0.6) is 0 Å². The molecule has 0 bridgehead atoms. The average Bonchev–Trinajstić information content (AvgIpc) is 2.69. The monoisotopic (exact) mass is 227 g/mol. The first-order valence-corrected chi connectivity index (χ1v) is 5.84. The molecule has 0 aliphatic heterocycles. The topological polar surface area (TPSA) is 27.3 Å². The molecule has 0 N–H and O–H groups in total. The summed E-state index contributed by atoms with van der Waals surface area (Å²) in [6.07, 6.45) is 5.45. The van der Waals surface area contributed by atoms with Crippen molar-refractivity contribution in [1.82, 2.24) is 4.57 Å². The first-order valence-electron chi connectivity index (χ1n) is 5.84. The molecule has 16 heavy (non-hydrogen) atoms. The second kappa shape index (κ2) is 6.66. The summed E-state index contributed by atoms with van der Waals surface area (Å²) in [5.74, 6) is 1.21. The Morgan fingerprint density at radius 1 is 1.44 bits per heavy atom. The molecule has 0 saturated heterocycles. The smallest absolute Gasteiger partial charge is 0.285 e. The fourth-order valence-electron chi connectivity index (χ4n) is 1.86. The minimum atomic E-state index is 0.110. The van der Waals surface area contributed by atoms with Crippen molar-refractivity contribution in [3.8, 4) is 0 Å². The Hall–Kier alpha value is -0.870. The number of hydrogen-bond acceptors (Lipinski definition) is 2. The first-order chi connectivity index (χ1) is 7.74. The van der Waals surface area contributed by atoms with Crippen molar-refractivity contribution < 1.29 is 14.0 Å². The highest BCUT2D eigenvalue weighted by Gasteiger charge is 2.22. The molecule has 1 atom stereocenters. The second-order valence-corrected chi connectivity index (χ2v) is 3.91. The van der Waals surface area contributed by atoms with E-state index in [0.717, 1.165) is 26.1 Å². The molecular weight excluding hydrogens is 204 g/mol. The molecule has 1 unspecified atom stereocenters. The van der Waals surface area contributed by atoms with Crippen molar-refractivity contribution >= 4 is 0 Å². The molecule has 1 aromatic heterocycles. The van der Waals surface area contributed by atoms with Crippen molar-refractivity contribution in [3.63, 3.8) is 0 Å². The highest BCUT2D eigenvalue weighted by Crippen LogP contribution is 2.12. The Bertz CT molecular complexity index is 310. The molecule has 0 amide bonds. The van der Waals surface area contributed by atoms with Gasteiger partial charge in [-0.05, 0) is 13.3 Å². The SMILES string of the molecule is CCC[n+]1ccn(CCOC)c1C(C)OC. The predicted molar refractivity (Wildman–Crippen MR) is 62.2 cm³/mol. The molecule has 1 heterocycles. The van der Waals surface area contributed by atoms with Gasteiger partial charge in [0.25, 0.3) is 5.82 Å². The Kier molecular flexibility index (Phi) is 5.49. The molecule has 0 aliphatic carbocycles. The number of rotatable bonds is 7. The van der Waals surface area contributed by atoms with Crippen LogP contribution in [-0.4, -0.2) is 25.4 Å². The normalized spacial score (nSPS) is 13.0. The lowest BCUT2D eigenvalue weighted by atomic mass is 10.3. The van der Waals surface area contributed by atoms with Crippen LogP contribution >= 0.6 is 0 Å². The highest BCUT2D eigenvalue weighted by atomic mass is 16.5. The summed E-state index contributed by atoms with van der Waals surface area (Å²) in [4.78, 5) is 0. The van der Waals surface area contributed by atoms with Gasteiger partial charge >= 0.3 is 0 Å². The Morgan fingerprint density at radius 2 is 2.19 bits per heavy atom. The van der Waals surface area contributed by atoms with Crippen molar-refractivity contribution in [2.75, 3.05) is 20.8 Å². The third-order valence-electron chi connectivity index (χ3n) is 2.73. The van der Waals surface area contributed by atoms with Crippen molar-refractivity contribution in [1.29, 1.82) is 0 Å². The maximum atomic E-state index is 5.42. The van der Waals surface area contributed by atoms with Crippen LogP contribution in [-0.2, 0) is 22.6 Å². The van der Waals surface area contributed by atoms with Crippen LogP contribution in [0.2, 0.25) is 0 Å². The van der Waals surface area contributed by atoms with Crippen LogP contribution in [0.3, 0.4) is 0 Å². The molecule has 0 aromatic carbocycles. The molecule has 92 valence electrons. The van der Waals surface area contributed by atoms with Crippen molar-refractivity contribution in [2.24, 2.45) is 0 Å². The van der Waals surface area contributed by atoms with Gasteiger partial charge in [0.1, 0.15) is 18.9 Å². The second-order valence-electron chi connectivity index (χ2n) is 3.91. The van der Waals surface area contributed by atoms with Gasteiger partial charge in [-0.2, -0.15) is 0 Å². The Balaban J connectivity index is 2.89. The number of aromatic nitrogens is 2. The van der Waals surface area contributed by atoms with E-state index in [0.29, 0.717) is 0 Å². The van der Waals surface area contributed by atoms with E-state index in [9.17, 15) is 0 Å². The van der Waals surface area contributed by atoms with E-state index < -0.39 is 0 Å². The number of ether oxygens (including phenoxy) is 2. The Labute approximate surface area is 97.8 Å². The Morgan fingerprint density at radius 3 is 2.75 bits per heavy atom. The standard InChI is InChI=1S/C12H23N2O2/c1-5-6-13-7-8-14(9-10-15-3)12(13)11(2)16-4/h7-8,11H,5-6,9-10H2,1-4H3/q+1. The zero-order valence-electron chi connectivity index (χ0n) is 10.8. The van der Waals surface area contributed by atoms with Crippen LogP contribution in [0.25, 0.3) is 0 Å². The summed E-state index contributed by atoms with van der Waals surface area (Å²) in [7, 11) is 3.47. The quantitative estimate of drug-likeness (QED) is 0.661. The van der Waals surface area contributed by atoms with Crippen LogP contribution in [0, 0.1) is 0 Å². The number of methoxy groups -OCH3 is 2. The fraction of sp³-hybridized carbons (Fsp3) is 0.750. The largest absolute Gasteiger partial charge is 0.381 e. The predicted octanol–water partition coefficient (Wildman–Crippen LogP) is 1.54. The van der Waals surface area contributed by atoms with Crippen molar-refractivity contribution in [2.45, 2.75) is 39.5 Å². The van der Waals surface area contributed by atoms with Gasteiger partial charge in [-0.15, -0.1) is 0 Å². The summed E-state index contributed by atoms with van der Waals surface area (Å²) in [6, 6.07) is 0. The summed E-state index contributed by atoms with van der Waals surface area (Å²) in [5, 5.41) is 0. The minimum Gasteiger partial charge on any atom is -0.381 e. The summed E-state index contributed by atoms with van der Waals surface area (Å²) < 4.78 is 15.0. The lowest BCUT2D eigenvalue weighted by Crippen LogP contribution is -2.38. The fourth-order valence-corrected chi connectivity index (χ4v) is 1.86. The summed E-state index contributed by atoms with van der Waals surface area (Å²) in [6.45, 7) is 6.88. The van der Waals surface area contributed by atoms with Gasteiger partial charge < -0.3 is 9.47 Å². The van der Waals surface area contributed by atoms with Gasteiger partial charge in [-0.1, -0.05) is 6.92 Å². The molecule has 0 saturated carbocycles. The van der Waals surface area contributed by atoms with E-state index >= 15 is 0 Å². The molecule has 4 nitrogen and oxygen atoms in total. The summed E-state index contributed by atoms with van der Waals surface area (Å²) in [5.41, 5.74) is 0. The van der Waals surface area contributed by atoms with E-state index in [-0.39, 0.29) is 6.10 Å². The van der Waals surface area contributed by atoms with Gasteiger partial charge in [-0.25, -0.2) is 9.13 Å². The number of hydrogen-bond donors (Lipinski definition) is 0. The van der Waals surface area contributed by atoms with Crippen LogP contribution in [0.1, 0.15) is 32.2 Å². The van der Waals surface area contributed by atoms with Crippen molar-refractivity contribution in [3.05, 3.63) is 18.2 Å². The minimum absolute atomic E-state index is 0.110. The van der Waals surface area contributed by atoms with Gasteiger partial charge in [0, 0.05) is 14.2 Å². The van der Waals surface area contributed by atoms with E-state index in [1.165, 1.54) is 5.82 Å². The van der Waals surface area contributed by atoms with Gasteiger partial charge in [0.05, 0.1) is 13.2 Å². The average molecular weight is 227 g/mol. The van der Waals surface area contributed by atoms with E-state index in [1.54, 1.807) is 14.2 Å². The maximum absolute atomic E-state index is 5.42. The highest BCUT2D eigenvalue weighted by molar-refractivity contribution is 4.87. The third-order valence-corrected chi connectivity index (χ3v) is 2.73. The van der Waals surface area contributed by atoms with Gasteiger partial charge in [0.15, 0.2) is 6.10 Å². The third kappa shape index (κ3) is 3.06. The molecule has 0 radical (unpaired) electrons. The summed E-state index contributed by atoms with van der Waals surface area (Å²) >= 11 is 0. The van der Waals surface area contributed by atoms with E-state index in [1.807, 2.05) is 0 Å². The molecule has 0 spiro atoms. The van der Waals surface area contributed by atoms with E-state index in [2.05, 4.69) is 35.4 Å².